The van der Waals surface area contributed by atoms with Gasteiger partial charge in [0.1, 0.15) is 6.04 Å². The predicted molar refractivity (Wildman–Crippen MR) is 141 cm³/mol. The quantitative estimate of drug-likeness (QED) is 0.337. The van der Waals surface area contributed by atoms with Gasteiger partial charge in [-0.1, -0.05) is 71.8 Å². The molecule has 0 fully saturated rings. The third kappa shape index (κ3) is 7.93. The molecule has 0 heterocycles. The number of halogens is 1. The van der Waals surface area contributed by atoms with Crippen molar-refractivity contribution < 1.29 is 9.59 Å². The highest BCUT2D eigenvalue weighted by molar-refractivity contribution is 7.99. The molecule has 0 aliphatic heterocycles. The summed E-state index contributed by atoms with van der Waals surface area (Å²) in [4.78, 5) is 29.5. The highest BCUT2D eigenvalue weighted by Crippen LogP contribution is 2.22. The summed E-state index contributed by atoms with van der Waals surface area (Å²) in [5.41, 5.74) is 3.16. The number of benzene rings is 3. The van der Waals surface area contributed by atoms with E-state index in [0.717, 1.165) is 16.0 Å². The normalized spacial score (nSPS) is 11.6. The second kappa shape index (κ2) is 13.2. The van der Waals surface area contributed by atoms with Gasteiger partial charge in [0.2, 0.25) is 11.8 Å². The molecule has 0 aliphatic carbocycles. The van der Waals surface area contributed by atoms with Crippen molar-refractivity contribution in [3.8, 4) is 0 Å². The van der Waals surface area contributed by atoms with Crippen LogP contribution in [0.5, 0.6) is 0 Å². The predicted octanol–water partition coefficient (Wildman–Crippen LogP) is 5.91. The molecule has 3 rings (SSSR count). The van der Waals surface area contributed by atoms with Crippen molar-refractivity contribution in [2.24, 2.45) is 0 Å². The van der Waals surface area contributed by atoms with E-state index in [9.17, 15) is 9.59 Å². The molecule has 1 atom stereocenters. The minimum absolute atomic E-state index is 0.0401. The van der Waals surface area contributed by atoms with Gasteiger partial charge in [0.05, 0.1) is 0 Å². The second-order valence-corrected chi connectivity index (χ2v) is 9.76. The van der Waals surface area contributed by atoms with Gasteiger partial charge < -0.3 is 10.2 Å². The minimum Gasteiger partial charge on any atom is -0.355 e. The molecule has 0 unspecified atom stereocenters. The zero-order valence-electron chi connectivity index (χ0n) is 19.7. The average Bonchev–Trinajstić information content (AvgIpc) is 2.84. The van der Waals surface area contributed by atoms with Crippen molar-refractivity contribution in [1.29, 1.82) is 0 Å². The van der Waals surface area contributed by atoms with E-state index in [2.05, 4.69) is 36.5 Å². The number of hydrogen-bond acceptors (Lipinski definition) is 3. The van der Waals surface area contributed by atoms with Crippen molar-refractivity contribution in [3.63, 3.8) is 0 Å². The van der Waals surface area contributed by atoms with Gasteiger partial charge in [-0.15, -0.1) is 11.8 Å². The molecule has 6 heteroatoms. The van der Waals surface area contributed by atoms with Crippen molar-refractivity contribution in [1.82, 2.24) is 10.2 Å². The van der Waals surface area contributed by atoms with Crippen LogP contribution in [0.2, 0.25) is 5.02 Å². The van der Waals surface area contributed by atoms with Crippen LogP contribution in [0.1, 0.15) is 30.0 Å². The second-order valence-electron chi connectivity index (χ2n) is 8.16. The van der Waals surface area contributed by atoms with Crippen molar-refractivity contribution in [2.45, 2.75) is 44.2 Å². The Balaban J connectivity index is 1.81. The fraction of sp³-hybridized carbons (Fsp3) is 0.286. The highest BCUT2D eigenvalue weighted by Gasteiger charge is 2.29. The molecule has 0 aromatic heterocycles. The van der Waals surface area contributed by atoms with E-state index in [1.165, 1.54) is 5.56 Å². The Bertz CT molecular complexity index is 1060. The van der Waals surface area contributed by atoms with E-state index < -0.39 is 6.04 Å². The molecule has 0 spiro atoms. The number of rotatable bonds is 11. The van der Waals surface area contributed by atoms with Crippen molar-refractivity contribution in [3.05, 3.63) is 101 Å². The topological polar surface area (TPSA) is 49.4 Å². The van der Waals surface area contributed by atoms with Crippen molar-refractivity contribution in [2.75, 3.05) is 12.3 Å². The maximum atomic E-state index is 13.5. The van der Waals surface area contributed by atoms with E-state index >= 15 is 0 Å². The summed E-state index contributed by atoms with van der Waals surface area (Å²) < 4.78 is 0. The molecule has 3 aromatic carbocycles. The number of nitrogens with one attached hydrogen (secondary N) is 1. The lowest BCUT2D eigenvalue weighted by molar-refractivity contribution is -0.140. The molecule has 2 amide bonds. The number of likely N-dealkylation sites (N-methyl/N-ethyl adjacent to an activating group) is 1. The maximum absolute atomic E-state index is 13.5. The van der Waals surface area contributed by atoms with Gasteiger partial charge in [-0.25, -0.2) is 0 Å². The molecule has 0 bridgehead atoms. The fourth-order valence-electron chi connectivity index (χ4n) is 3.67. The van der Waals surface area contributed by atoms with Crippen LogP contribution in [-0.2, 0) is 22.6 Å². The van der Waals surface area contributed by atoms with E-state index in [4.69, 9.17) is 11.6 Å². The van der Waals surface area contributed by atoms with Crippen LogP contribution >= 0.6 is 23.4 Å². The number of nitrogens with zero attached hydrogens (tertiary/aromatic N) is 1. The lowest BCUT2D eigenvalue weighted by atomic mass is 10.0. The fourth-order valence-corrected chi connectivity index (χ4v) is 4.63. The average molecular weight is 495 g/mol. The summed E-state index contributed by atoms with van der Waals surface area (Å²) in [6.45, 7) is 4.80. The Labute approximate surface area is 211 Å². The van der Waals surface area contributed by atoms with E-state index in [1.54, 1.807) is 16.7 Å². The lowest BCUT2D eigenvalue weighted by Gasteiger charge is -2.31. The van der Waals surface area contributed by atoms with E-state index in [-0.39, 0.29) is 11.8 Å². The van der Waals surface area contributed by atoms with Gasteiger partial charge >= 0.3 is 0 Å². The van der Waals surface area contributed by atoms with Gasteiger partial charge in [-0.05, 0) is 49.2 Å². The first-order chi connectivity index (χ1) is 16.5. The van der Waals surface area contributed by atoms with E-state index in [1.807, 2.05) is 61.5 Å². The van der Waals surface area contributed by atoms with Crippen LogP contribution in [0, 0.1) is 6.92 Å². The molecule has 3 aromatic rings. The molecule has 178 valence electrons. The number of aryl methyl sites for hydroxylation is 1. The first kappa shape index (κ1) is 25.9. The molecule has 0 radical (unpaired) electrons. The minimum atomic E-state index is -0.602. The zero-order valence-corrected chi connectivity index (χ0v) is 21.2. The van der Waals surface area contributed by atoms with Crippen LogP contribution in [0.25, 0.3) is 0 Å². The molecule has 0 aliphatic rings. The number of amides is 2. The van der Waals surface area contributed by atoms with Gasteiger partial charge in [0.15, 0.2) is 0 Å². The largest absolute Gasteiger partial charge is 0.355 e. The van der Waals surface area contributed by atoms with Crippen LogP contribution in [-0.4, -0.2) is 35.1 Å². The third-order valence-corrected chi connectivity index (χ3v) is 6.76. The van der Waals surface area contributed by atoms with Crippen LogP contribution in [0.4, 0.5) is 0 Å². The van der Waals surface area contributed by atoms with Crippen LogP contribution in [0.15, 0.2) is 83.8 Å². The summed E-state index contributed by atoms with van der Waals surface area (Å²) >= 11 is 7.71. The van der Waals surface area contributed by atoms with Crippen LogP contribution in [0.3, 0.4) is 0 Å². The van der Waals surface area contributed by atoms with Gasteiger partial charge in [0, 0.05) is 41.6 Å². The first-order valence-electron chi connectivity index (χ1n) is 11.5. The smallest absolute Gasteiger partial charge is 0.243 e. The zero-order chi connectivity index (χ0) is 24.3. The third-order valence-electron chi connectivity index (χ3n) is 5.49. The van der Waals surface area contributed by atoms with Gasteiger partial charge in [-0.2, -0.15) is 0 Å². The van der Waals surface area contributed by atoms with Gasteiger partial charge in [0.25, 0.3) is 0 Å². The maximum Gasteiger partial charge on any atom is 0.243 e. The molecule has 0 saturated carbocycles. The first-order valence-corrected chi connectivity index (χ1v) is 12.9. The monoisotopic (exact) mass is 494 g/mol. The molecule has 1 N–H and O–H groups in total. The number of hydrogen-bond donors (Lipinski definition) is 1. The lowest BCUT2D eigenvalue weighted by Crippen LogP contribution is -2.50. The summed E-state index contributed by atoms with van der Waals surface area (Å²) in [5, 5.41) is 3.56. The van der Waals surface area contributed by atoms with Gasteiger partial charge in [-0.3, -0.25) is 9.59 Å². The molecule has 34 heavy (non-hydrogen) atoms. The Hall–Kier alpha value is -2.76. The Morgan fingerprint density at radius 1 is 0.941 bits per heavy atom. The highest BCUT2D eigenvalue weighted by atomic mass is 35.5. The molecule has 4 nitrogen and oxygen atoms in total. The Morgan fingerprint density at radius 3 is 2.26 bits per heavy atom. The standard InChI is InChI=1S/C28H31ClN2O2S/c1-3-30-28(33)26(19-22-7-5-4-6-8-22)31(20-23-11-13-24(29)14-12-23)27(32)17-18-34-25-15-9-21(2)10-16-25/h4-16,26H,3,17-20H2,1-2H3,(H,30,33)/t26-/m0/s1. The summed E-state index contributed by atoms with van der Waals surface area (Å²) in [6, 6.07) is 24.9. The number of carbonyl (C=O) groups is 2. The molecular formula is C28H31ClN2O2S. The van der Waals surface area contributed by atoms with E-state index in [0.29, 0.717) is 36.7 Å². The number of thioether (sulfide) groups is 1. The SMILES string of the molecule is CCNC(=O)[C@H](Cc1ccccc1)N(Cc1ccc(Cl)cc1)C(=O)CCSc1ccc(C)cc1. The molecule has 0 saturated heterocycles. The number of carbonyl (C=O) groups excluding carboxylic acids is 2. The van der Waals surface area contributed by atoms with Crippen molar-refractivity contribution >= 4 is 35.2 Å². The van der Waals surface area contributed by atoms with Crippen LogP contribution < -0.4 is 5.32 Å². The summed E-state index contributed by atoms with van der Waals surface area (Å²) in [5.74, 6) is 0.466. The summed E-state index contributed by atoms with van der Waals surface area (Å²) in [7, 11) is 0. The Morgan fingerprint density at radius 2 is 1.62 bits per heavy atom. The Kier molecular flexibility index (Phi) is 10.0. The molecular weight excluding hydrogens is 464 g/mol. The summed E-state index contributed by atoms with van der Waals surface area (Å²) in [6.07, 6.45) is 0.800.